The summed E-state index contributed by atoms with van der Waals surface area (Å²) >= 11 is 0. The number of hydrogen-bond donors (Lipinski definition) is 1. The van der Waals surface area contributed by atoms with Crippen LogP contribution in [0.3, 0.4) is 0 Å². The second kappa shape index (κ2) is 7.45. The van der Waals surface area contributed by atoms with Crippen LogP contribution in [0.4, 0.5) is 0 Å². The average Bonchev–Trinajstić information content (AvgIpc) is 3.26. The lowest BCUT2D eigenvalue weighted by Crippen LogP contribution is -2.50. The fourth-order valence-electron chi connectivity index (χ4n) is 4.22. The number of H-pyrrole nitrogens is 1. The van der Waals surface area contributed by atoms with Crippen molar-refractivity contribution in [3.05, 3.63) is 65.3 Å². The van der Waals surface area contributed by atoms with E-state index in [4.69, 9.17) is 14.8 Å². The highest BCUT2D eigenvalue weighted by Gasteiger charge is 2.47. The average molecular weight is 412 g/mol. The van der Waals surface area contributed by atoms with Crippen molar-refractivity contribution in [1.82, 2.24) is 24.7 Å². The van der Waals surface area contributed by atoms with Crippen molar-refractivity contribution in [2.24, 2.45) is 0 Å². The summed E-state index contributed by atoms with van der Waals surface area (Å²) in [4.78, 5) is 23.5. The number of aromatic nitrogens is 5. The van der Waals surface area contributed by atoms with Gasteiger partial charge in [0.25, 0.3) is 0 Å². The SMILES string of the molecule is COC1CC(CC#N)(n2ccc(-c3nc(-c4ccc(=O)[nH]c4)cc4ncccc34)n2)C1. The van der Waals surface area contributed by atoms with Crippen LogP contribution in [0.15, 0.2) is 59.8 Å². The Hall–Kier alpha value is -3.83. The molecule has 1 aliphatic rings. The standard InChI is InChI=1S/C23H20N6O2/c1-31-16-12-23(13-16,7-8-24)29-10-6-18(28-29)22-17-3-2-9-25-20(17)11-19(27-22)15-4-5-21(30)26-14-15/h2-6,9-11,14,16H,7,12-13H2,1H3,(H,26,30). The summed E-state index contributed by atoms with van der Waals surface area (Å²) in [5, 5.41) is 15.1. The molecule has 4 aromatic rings. The van der Waals surface area contributed by atoms with Crippen LogP contribution in [0.5, 0.6) is 0 Å². The van der Waals surface area contributed by atoms with Crippen LogP contribution in [0.1, 0.15) is 19.3 Å². The molecule has 8 nitrogen and oxygen atoms in total. The Bertz CT molecular complexity index is 1340. The second-order valence-electron chi connectivity index (χ2n) is 7.84. The minimum atomic E-state index is -0.349. The highest BCUT2D eigenvalue weighted by atomic mass is 16.5. The molecule has 0 saturated heterocycles. The number of pyridine rings is 3. The van der Waals surface area contributed by atoms with Crippen molar-refractivity contribution in [3.63, 3.8) is 0 Å². The minimum Gasteiger partial charge on any atom is -0.381 e. The fourth-order valence-corrected chi connectivity index (χ4v) is 4.22. The van der Waals surface area contributed by atoms with Crippen LogP contribution in [0, 0.1) is 11.3 Å². The maximum atomic E-state index is 11.4. The van der Waals surface area contributed by atoms with Gasteiger partial charge in [0.15, 0.2) is 0 Å². The predicted octanol–water partition coefficient (Wildman–Crippen LogP) is 3.27. The molecule has 1 N–H and O–H groups in total. The molecule has 1 saturated carbocycles. The molecule has 4 aromatic heterocycles. The van der Waals surface area contributed by atoms with Gasteiger partial charge in [-0.25, -0.2) is 4.98 Å². The van der Waals surface area contributed by atoms with Crippen LogP contribution in [0.2, 0.25) is 0 Å². The number of rotatable bonds is 5. The number of nitriles is 1. The van der Waals surface area contributed by atoms with E-state index in [1.54, 1.807) is 25.6 Å². The van der Waals surface area contributed by atoms with Gasteiger partial charge >= 0.3 is 0 Å². The summed E-state index contributed by atoms with van der Waals surface area (Å²) in [6.07, 6.45) is 7.33. The van der Waals surface area contributed by atoms with E-state index < -0.39 is 0 Å². The largest absolute Gasteiger partial charge is 0.381 e. The number of hydrogen-bond acceptors (Lipinski definition) is 6. The molecule has 0 aromatic carbocycles. The Labute approximate surface area is 178 Å². The summed E-state index contributed by atoms with van der Waals surface area (Å²) in [6, 6.07) is 13.2. The first-order valence-corrected chi connectivity index (χ1v) is 10.0. The van der Waals surface area contributed by atoms with E-state index in [2.05, 4.69) is 16.0 Å². The van der Waals surface area contributed by atoms with Crippen molar-refractivity contribution in [2.75, 3.05) is 7.11 Å². The van der Waals surface area contributed by atoms with Crippen molar-refractivity contribution in [2.45, 2.75) is 30.9 Å². The van der Waals surface area contributed by atoms with Crippen LogP contribution < -0.4 is 5.56 Å². The number of aromatic amines is 1. The van der Waals surface area contributed by atoms with E-state index in [1.165, 1.54) is 6.07 Å². The highest BCUT2D eigenvalue weighted by molar-refractivity contribution is 5.93. The Morgan fingerprint density at radius 1 is 1.29 bits per heavy atom. The van der Waals surface area contributed by atoms with Gasteiger partial charge in [-0.2, -0.15) is 10.4 Å². The summed E-state index contributed by atoms with van der Waals surface area (Å²) in [5.74, 6) is 0. The number of methoxy groups -OCH3 is 1. The zero-order valence-corrected chi connectivity index (χ0v) is 16.9. The maximum Gasteiger partial charge on any atom is 0.247 e. The van der Waals surface area contributed by atoms with Gasteiger partial charge in [0, 0.05) is 42.7 Å². The lowest BCUT2D eigenvalue weighted by molar-refractivity contribution is -0.0541. The summed E-state index contributed by atoms with van der Waals surface area (Å²) < 4.78 is 7.32. The molecule has 154 valence electrons. The minimum absolute atomic E-state index is 0.146. The summed E-state index contributed by atoms with van der Waals surface area (Å²) in [5.41, 5.74) is 3.18. The molecule has 0 radical (unpaired) electrons. The molecule has 0 unspecified atom stereocenters. The maximum absolute atomic E-state index is 11.4. The zero-order valence-electron chi connectivity index (χ0n) is 16.9. The van der Waals surface area contributed by atoms with E-state index in [1.807, 2.05) is 35.1 Å². The van der Waals surface area contributed by atoms with Gasteiger partial charge in [-0.3, -0.25) is 14.5 Å². The molecule has 4 heterocycles. The van der Waals surface area contributed by atoms with Crippen LogP contribution in [0.25, 0.3) is 33.5 Å². The van der Waals surface area contributed by atoms with Gasteiger partial charge in [0.2, 0.25) is 5.56 Å². The normalized spacial score (nSPS) is 20.3. The van der Waals surface area contributed by atoms with Gasteiger partial charge < -0.3 is 9.72 Å². The Kier molecular flexibility index (Phi) is 4.60. The zero-order chi connectivity index (χ0) is 21.4. The first kappa shape index (κ1) is 19.2. The third-order valence-electron chi connectivity index (χ3n) is 5.95. The highest BCUT2D eigenvalue weighted by Crippen LogP contribution is 2.43. The van der Waals surface area contributed by atoms with E-state index in [0.717, 1.165) is 29.3 Å². The van der Waals surface area contributed by atoms with Crippen molar-refractivity contribution >= 4 is 10.9 Å². The summed E-state index contributed by atoms with van der Waals surface area (Å²) in [6.45, 7) is 0. The third kappa shape index (κ3) is 3.29. The smallest absolute Gasteiger partial charge is 0.247 e. The topological polar surface area (TPSA) is 109 Å². The Balaban J connectivity index is 1.61. The van der Waals surface area contributed by atoms with Crippen LogP contribution >= 0.6 is 0 Å². The molecule has 5 rings (SSSR count). The molecule has 8 heteroatoms. The molecule has 0 spiro atoms. The molecule has 1 aliphatic carbocycles. The Morgan fingerprint density at radius 3 is 2.90 bits per heavy atom. The summed E-state index contributed by atoms with van der Waals surface area (Å²) in [7, 11) is 1.70. The Morgan fingerprint density at radius 2 is 2.16 bits per heavy atom. The van der Waals surface area contributed by atoms with E-state index in [-0.39, 0.29) is 17.2 Å². The number of nitrogens with zero attached hydrogens (tertiary/aromatic N) is 5. The number of fused-ring (bicyclic) bond motifs is 1. The molecule has 0 aliphatic heterocycles. The van der Waals surface area contributed by atoms with E-state index in [9.17, 15) is 10.1 Å². The lowest BCUT2D eigenvalue weighted by atomic mass is 9.72. The van der Waals surface area contributed by atoms with Gasteiger partial charge in [-0.1, -0.05) is 0 Å². The first-order valence-electron chi connectivity index (χ1n) is 10.0. The van der Waals surface area contributed by atoms with Gasteiger partial charge in [0.05, 0.1) is 35.3 Å². The second-order valence-corrected chi connectivity index (χ2v) is 7.84. The molecular weight excluding hydrogens is 392 g/mol. The fraction of sp³-hybridized carbons (Fsp3) is 0.261. The molecule has 0 bridgehead atoms. The van der Waals surface area contributed by atoms with E-state index >= 15 is 0 Å². The third-order valence-corrected chi connectivity index (χ3v) is 5.95. The van der Waals surface area contributed by atoms with Crippen LogP contribution in [-0.4, -0.2) is 37.9 Å². The first-order chi connectivity index (χ1) is 15.1. The molecule has 1 fully saturated rings. The lowest BCUT2D eigenvalue weighted by Gasteiger charge is -2.45. The molecule has 0 amide bonds. The van der Waals surface area contributed by atoms with Crippen LogP contribution in [-0.2, 0) is 10.3 Å². The van der Waals surface area contributed by atoms with Gasteiger partial charge in [-0.15, -0.1) is 0 Å². The number of nitrogens with one attached hydrogen (secondary N) is 1. The van der Waals surface area contributed by atoms with Crippen molar-refractivity contribution < 1.29 is 4.74 Å². The quantitative estimate of drug-likeness (QED) is 0.539. The molecule has 0 atom stereocenters. The van der Waals surface area contributed by atoms with Gasteiger partial charge in [-0.05, 0) is 43.2 Å². The predicted molar refractivity (Wildman–Crippen MR) is 115 cm³/mol. The van der Waals surface area contributed by atoms with Crippen molar-refractivity contribution in [1.29, 1.82) is 5.26 Å². The van der Waals surface area contributed by atoms with Gasteiger partial charge in [0.1, 0.15) is 11.4 Å². The molecule has 31 heavy (non-hydrogen) atoms. The molecular formula is C23H20N6O2. The monoisotopic (exact) mass is 412 g/mol. The van der Waals surface area contributed by atoms with E-state index in [0.29, 0.717) is 23.5 Å². The van der Waals surface area contributed by atoms with Crippen molar-refractivity contribution in [3.8, 4) is 28.7 Å². The number of ether oxygens (including phenoxy) is 1.